The van der Waals surface area contributed by atoms with Crippen LogP contribution in [0.4, 0.5) is 0 Å². The molecule has 0 radical (unpaired) electrons. The van der Waals surface area contributed by atoms with Crippen LogP contribution in [-0.2, 0) is 4.74 Å². The van der Waals surface area contributed by atoms with Crippen LogP contribution in [0.15, 0.2) is 0 Å². The maximum atomic E-state index is 6.23. The molecule has 4 nitrogen and oxygen atoms in total. The van der Waals surface area contributed by atoms with E-state index < -0.39 is 0 Å². The largest absolute Gasteiger partial charge is 0.368 e. The Hall–Kier alpha value is -0.160. The molecule has 1 N–H and O–H groups in total. The Labute approximate surface area is 136 Å². The summed E-state index contributed by atoms with van der Waals surface area (Å²) < 4.78 is 6.23. The van der Waals surface area contributed by atoms with Crippen LogP contribution >= 0.6 is 0 Å². The molecule has 3 aliphatic rings. The SMILES string of the molecule is CN1CCC(N2CCC(NC3CC(C)(C)OC3(C)C)C2)CC1. The Morgan fingerprint density at radius 3 is 2.27 bits per heavy atom. The third kappa shape index (κ3) is 3.66. The molecular weight excluding hydrogens is 274 g/mol. The number of rotatable bonds is 3. The van der Waals surface area contributed by atoms with Crippen molar-refractivity contribution in [3.8, 4) is 0 Å². The Bertz CT molecular complexity index is 388. The van der Waals surface area contributed by atoms with Gasteiger partial charge in [-0.25, -0.2) is 0 Å². The van der Waals surface area contributed by atoms with E-state index in [4.69, 9.17) is 4.74 Å². The van der Waals surface area contributed by atoms with E-state index in [0.29, 0.717) is 12.1 Å². The summed E-state index contributed by atoms with van der Waals surface area (Å²) in [6.07, 6.45) is 5.09. The first-order valence-electron chi connectivity index (χ1n) is 9.14. The lowest BCUT2D eigenvalue weighted by Gasteiger charge is -2.35. The summed E-state index contributed by atoms with van der Waals surface area (Å²) in [4.78, 5) is 5.20. The van der Waals surface area contributed by atoms with E-state index in [1.807, 2.05) is 0 Å². The summed E-state index contributed by atoms with van der Waals surface area (Å²) in [5, 5.41) is 3.92. The van der Waals surface area contributed by atoms with Gasteiger partial charge in [0.05, 0.1) is 11.2 Å². The molecule has 0 aliphatic carbocycles. The molecule has 0 aromatic heterocycles. The number of piperidine rings is 1. The van der Waals surface area contributed by atoms with Crippen LogP contribution in [0.25, 0.3) is 0 Å². The van der Waals surface area contributed by atoms with Gasteiger partial charge in [0.2, 0.25) is 0 Å². The summed E-state index contributed by atoms with van der Waals surface area (Å²) in [6.45, 7) is 13.9. The lowest BCUT2D eigenvalue weighted by molar-refractivity contribution is -0.0704. The molecule has 4 heteroatoms. The zero-order valence-corrected chi connectivity index (χ0v) is 15.2. The normalized spacial score (nSPS) is 37.0. The van der Waals surface area contributed by atoms with Crippen LogP contribution in [0, 0.1) is 0 Å². The molecule has 3 fully saturated rings. The zero-order valence-electron chi connectivity index (χ0n) is 15.2. The van der Waals surface area contributed by atoms with Crippen molar-refractivity contribution in [2.24, 2.45) is 0 Å². The Morgan fingerprint density at radius 2 is 1.68 bits per heavy atom. The highest BCUT2D eigenvalue weighted by Crippen LogP contribution is 2.37. The van der Waals surface area contributed by atoms with E-state index in [0.717, 1.165) is 12.5 Å². The first-order valence-corrected chi connectivity index (χ1v) is 9.14. The van der Waals surface area contributed by atoms with Crippen LogP contribution in [0.1, 0.15) is 53.4 Å². The molecule has 2 unspecified atom stereocenters. The predicted molar refractivity (Wildman–Crippen MR) is 91.3 cm³/mol. The van der Waals surface area contributed by atoms with Gasteiger partial charge in [-0.15, -0.1) is 0 Å². The molecule has 128 valence electrons. The first kappa shape index (κ1) is 16.7. The average Bonchev–Trinajstić information content (AvgIpc) is 2.93. The molecule has 0 aromatic rings. The number of nitrogens with one attached hydrogen (secondary N) is 1. The van der Waals surface area contributed by atoms with E-state index in [1.165, 1.54) is 45.4 Å². The molecule has 0 saturated carbocycles. The lowest BCUT2D eigenvalue weighted by atomic mass is 9.93. The van der Waals surface area contributed by atoms with E-state index >= 15 is 0 Å². The molecule has 3 aliphatic heterocycles. The number of likely N-dealkylation sites (tertiary alicyclic amines) is 2. The molecule has 22 heavy (non-hydrogen) atoms. The van der Waals surface area contributed by atoms with Crippen LogP contribution in [0.2, 0.25) is 0 Å². The molecule has 0 amide bonds. The molecule has 0 spiro atoms. The van der Waals surface area contributed by atoms with Gasteiger partial charge in [0.25, 0.3) is 0 Å². The van der Waals surface area contributed by atoms with Gasteiger partial charge in [0.15, 0.2) is 0 Å². The van der Waals surface area contributed by atoms with Crippen molar-refractivity contribution in [1.82, 2.24) is 15.1 Å². The average molecular weight is 309 g/mol. The van der Waals surface area contributed by atoms with Crippen molar-refractivity contribution in [3.05, 3.63) is 0 Å². The van der Waals surface area contributed by atoms with Crippen LogP contribution in [0.3, 0.4) is 0 Å². The highest BCUT2D eigenvalue weighted by molar-refractivity contribution is 5.01. The Kier molecular flexibility index (Phi) is 4.59. The number of hydrogen-bond acceptors (Lipinski definition) is 4. The maximum Gasteiger partial charge on any atom is 0.0787 e. The fourth-order valence-corrected chi connectivity index (χ4v) is 4.72. The van der Waals surface area contributed by atoms with Gasteiger partial charge >= 0.3 is 0 Å². The van der Waals surface area contributed by atoms with Crippen LogP contribution < -0.4 is 5.32 Å². The minimum Gasteiger partial charge on any atom is -0.368 e. The second-order valence-electron chi connectivity index (χ2n) is 8.90. The molecule has 3 rings (SSSR count). The second-order valence-corrected chi connectivity index (χ2v) is 8.90. The minimum absolute atomic E-state index is 0.00735. The van der Waals surface area contributed by atoms with Gasteiger partial charge in [-0.3, -0.25) is 4.90 Å². The quantitative estimate of drug-likeness (QED) is 0.864. The van der Waals surface area contributed by atoms with Gasteiger partial charge in [-0.1, -0.05) is 0 Å². The van der Waals surface area contributed by atoms with Crippen LogP contribution in [0.5, 0.6) is 0 Å². The van der Waals surface area contributed by atoms with Crippen molar-refractivity contribution in [1.29, 1.82) is 0 Å². The summed E-state index contributed by atoms with van der Waals surface area (Å²) in [5.74, 6) is 0. The first-order chi connectivity index (χ1) is 10.3. The summed E-state index contributed by atoms with van der Waals surface area (Å²) in [6, 6.07) is 1.93. The Morgan fingerprint density at radius 1 is 1.00 bits per heavy atom. The standard InChI is InChI=1S/C18H35N3O/c1-17(2)12-16(18(3,4)22-17)19-14-6-11-21(13-14)15-7-9-20(5)10-8-15/h14-16,19H,6-13H2,1-5H3. The monoisotopic (exact) mass is 309 g/mol. The minimum atomic E-state index is -0.0511. The third-order valence-corrected chi connectivity index (χ3v) is 5.94. The van der Waals surface area contributed by atoms with Crippen molar-refractivity contribution in [2.45, 2.75) is 82.7 Å². The van der Waals surface area contributed by atoms with Gasteiger partial charge in [-0.05, 0) is 73.5 Å². The third-order valence-electron chi connectivity index (χ3n) is 5.94. The smallest absolute Gasteiger partial charge is 0.0787 e. The van der Waals surface area contributed by atoms with E-state index in [9.17, 15) is 0 Å². The predicted octanol–water partition coefficient (Wildman–Crippen LogP) is 2.09. The van der Waals surface area contributed by atoms with Crippen molar-refractivity contribution in [2.75, 3.05) is 33.2 Å². The van der Waals surface area contributed by atoms with E-state index in [1.54, 1.807) is 0 Å². The molecule has 2 atom stereocenters. The lowest BCUT2D eigenvalue weighted by Crippen LogP contribution is -2.49. The van der Waals surface area contributed by atoms with Gasteiger partial charge in [-0.2, -0.15) is 0 Å². The zero-order chi connectivity index (χ0) is 16.0. The molecular formula is C18H35N3O. The van der Waals surface area contributed by atoms with Gasteiger partial charge < -0.3 is 15.0 Å². The number of hydrogen-bond donors (Lipinski definition) is 1. The van der Waals surface area contributed by atoms with Crippen molar-refractivity contribution >= 4 is 0 Å². The van der Waals surface area contributed by atoms with Crippen molar-refractivity contribution in [3.63, 3.8) is 0 Å². The van der Waals surface area contributed by atoms with Gasteiger partial charge in [0.1, 0.15) is 0 Å². The highest BCUT2D eigenvalue weighted by atomic mass is 16.5. The van der Waals surface area contributed by atoms with E-state index in [2.05, 4.69) is 49.9 Å². The number of nitrogens with zero attached hydrogens (tertiary/aromatic N) is 2. The summed E-state index contributed by atoms with van der Waals surface area (Å²) in [5.41, 5.74) is -0.0438. The number of ether oxygens (including phenoxy) is 1. The summed E-state index contributed by atoms with van der Waals surface area (Å²) >= 11 is 0. The summed E-state index contributed by atoms with van der Waals surface area (Å²) in [7, 11) is 2.24. The van der Waals surface area contributed by atoms with Gasteiger partial charge in [0, 0.05) is 31.2 Å². The van der Waals surface area contributed by atoms with E-state index in [-0.39, 0.29) is 11.2 Å². The second kappa shape index (κ2) is 6.04. The molecule has 0 bridgehead atoms. The molecule has 3 heterocycles. The van der Waals surface area contributed by atoms with Crippen molar-refractivity contribution < 1.29 is 4.74 Å². The topological polar surface area (TPSA) is 27.7 Å². The fraction of sp³-hybridized carbons (Fsp3) is 1.00. The molecule has 3 saturated heterocycles. The molecule has 0 aromatic carbocycles. The van der Waals surface area contributed by atoms with Crippen LogP contribution in [-0.4, -0.2) is 72.4 Å². The fourth-order valence-electron chi connectivity index (χ4n) is 4.72. The Balaban J connectivity index is 1.51. The maximum absolute atomic E-state index is 6.23. The highest BCUT2D eigenvalue weighted by Gasteiger charge is 2.46.